The number of alkyl carbamates (subject to hydrolysis) is 1. The van der Waals surface area contributed by atoms with Crippen LogP contribution in [0, 0.1) is 0 Å². The number of ether oxygens (including phenoxy) is 1. The number of carbonyl (C=O) groups excluding carboxylic acids is 4. The molecule has 0 aliphatic heterocycles. The number of thiophene rings is 1. The maximum absolute atomic E-state index is 14.4. The van der Waals surface area contributed by atoms with Gasteiger partial charge in [-0.2, -0.15) is 0 Å². The van der Waals surface area contributed by atoms with Crippen LogP contribution in [0.15, 0.2) is 84.3 Å². The Bertz CT molecular complexity index is 1580. The molecule has 0 fully saturated rings. The second-order valence-corrected chi connectivity index (χ2v) is 15.2. The minimum atomic E-state index is -0.942. The molecule has 270 valence electrons. The molecule has 1 aromatic heterocycles. The summed E-state index contributed by atoms with van der Waals surface area (Å²) in [7, 11) is 3.15. The van der Waals surface area contributed by atoms with Gasteiger partial charge in [-0.3, -0.25) is 14.4 Å². The van der Waals surface area contributed by atoms with E-state index in [-0.39, 0.29) is 19.4 Å². The lowest BCUT2D eigenvalue weighted by molar-refractivity contribution is -0.146. The highest BCUT2D eigenvalue weighted by molar-refractivity contribution is 7.09. The van der Waals surface area contributed by atoms with Gasteiger partial charge in [-0.25, -0.2) is 4.79 Å². The van der Waals surface area contributed by atoms with Crippen molar-refractivity contribution in [2.24, 2.45) is 0 Å². The van der Waals surface area contributed by atoms with E-state index in [9.17, 15) is 24.3 Å². The third kappa shape index (κ3) is 12.8. The van der Waals surface area contributed by atoms with Crippen LogP contribution in [0.5, 0.6) is 0 Å². The first-order chi connectivity index (χ1) is 23.5. The second-order valence-electron chi connectivity index (χ2n) is 14.2. The fourth-order valence-corrected chi connectivity index (χ4v) is 5.96. The summed E-state index contributed by atoms with van der Waals surface area (Å²) in [4.78, 5) is 57.5. The van der Waals surface area contributed by atoms with Crippen molar-refractivity contribution in [1.29, 1.82) is 0 Å². The summed E-state index contributed by atoms with van der Waals surface area (Å²) in [6, 6.07) is 19.8. The Morgan fingerprint density at radius 3 is 2.08 bits per heavy atom. The third-order valence-corrected chi connectivity index (χ3v) is 8.88. The Morgan fingerprint density at radius 1 is 0.860 bits per heavy atom. The Morgan fingerprint density at radius 2 is 1.50 bits per heavy atom. The van der Waals surface area contributed by atoms with Crippen molar-refractivity contribution >= 4 is 35.2 Å². The summed E-state index contributed by atoms with van der Waals surface area (Å²) >= 11 is 1.49. The first-order valence-corrected chi connectivity index (χ1v) is 17.7. The molecule has 0 unspecified atom stereocenters. The first kappa shape index (κ1) is 40.0. The summed E-state index contributed by atoms with van der Waals surface area (Å²) in [5, 5.41) is 17.3. The molecule has 1 heterocycles. The molecule has 0 aliphatic carbocycles. The summed E-state index contributed by atoms with van der Waals surface area (Å²) in [5.41, 5.74) is 1.58. The molecule has 0 radical (unpaired) electrons. The molecule has 4 amide bonds. The molecule has 2 aromatic carbocycles. The zero-order valence-corrected chi connectivity index (χ0v) is 31.3. The summed E-state index contributed by atoms with van der Waals surface area (Å²) in [6.07, 6.45) is 2.57. The molecule has 50 heavy (non-hydrogen) atoms. The smallest absolute Gasteiger partial charge is 0.408 e. The van der Waals surface area contributed by atoms with Gasteiger partial charge in [-0.05, 0) is 82.2 Å². The molecule has 3 rings (SSSR count). The number of rotatable bonds is 15. The molecule has 3 atom stereocenters. The fraction of sp³-hybridized carbons (Fsp3) is 0.436. The largest absolute Gasteiger partial charge is 0.444 e. The van der Waals surface area contributed by atoms with Crippen molar-refractivity contribution in [3.63, 3.8) is 0 Å². The van der Waals surface area contributed by atoms with Gasteiger partial charge in [0.1, 0.15) is 17.7 Å². The normalized spacial score (nSPS) is 13.6. The number of aliphatic hydroxyl groups excluding tert-OH is 1. The Kier molecular flexibility index (Phi) is 14.4. The summed E-state index contributed by atoms with van der Waals surface area (Å²) in [6.45, 7) is 10.6. The highest BCUT2D eigenvalue weighted by Crippen LogP contribution is 2.22. The number of hydrogen-bond acceptors (Lipinski definition) is 7. The van der Waals surface area contributed by atoms with Gasteiger partial charge in [0.05, 0.1) is 6.10 Å². The van der Waals surface area contributed by atoms with Crippen molar-refractivity contribution in [2.75, 3.05) is 20.6 Å². The fourth-order valence-electron chi connectivity index (χ4n) is 5.21. The van der Waals surface area contributed by atoms with E-state index in [0.29, 0.717) is 6.42 Å². The lowest BCUT2D eigenvalue weighted by Crippen LogP contribution is -2.56. The number of benzene rings is 2. The number of nitrogens with one attached hydrogen (secondary N) is 2. The van der Waals surface area contributed by atoms with E-state index in [2.05, 4.69) is 10.6 Å². The van der Waals surface area contributed by atoms with Crippen LogP contribution in [-0.2, 0) is 32.0 Å². The van der Waals surface area contributed by atoms with Crippen LogP contribution in [0.3, 0.4) is 0 Å². The molecule has 0 aliphatic rings. The van der Waals surface area contributed by atoms with Gasteiger partial charge >= 0.3 is 6.09 Å². The Hall–Kier alpha value is -4.48. The van der Waals surface area contributed by atoms with Crippen LogP contribution < -0.4 is 10.6 Å². The predicted molar refractivity (Wildman–Crippen MR) is 199 cm³/mol. The zero-order chi connectivity index (χ0) is 37.1. The van der Waals surface area contributed by atoms with Gasteiger partial charge in [0.2, 0.25) is 17.7 Å². The third-order valence-electron chi connectivity index (χ3n) is 7.98. The lowest BCUT2D eigenvalue weighted by Gasteiger charge is -2.34. The van der Waals surface area contributed by atoms with E-state index in [1.165, 1.54) is 27.2 Å². The predicted octanol–water partition coefficient (Wildman–Crippen LogP) is 5.60. The molecule has 0 saturated carbocycles. The maximum Gasteiger partial charge on any atom is 0.408 e. The molecule has 10 nitrogen and oxygen atoms in total. The topological polar surface area (TPSA) is 128 Å². The van der Waals surface area contributed by atoms with Crippen molar-refractivity contribution in [3.8, 4) is 11.1 Å². The van der Waals surface area contributed by atoms with Gasteiger partial charge in [0, 0.05) is 43.9 Å². The number of aliphatic hydroxyl groups is 1. The molecule has 11 heteroatoms. The van der Waals surface area contributed by atoms with Crippen LogP contribution in [-0.4, -0.2) is 88.7 Å². The van der Waals surface area contributed by atoms with Gasteiger partial charge in [0.15, 0.2) is 0 Å². The number of amides is 4. The molecule has 0 spiro atoms. The van der Waals surface area contributed by atoms with E-state index in [1.807, 2.05) is 86.0 Å². The van der Waals surface area contributed by atoms with E-state index in [0.717, 1.165) is 21.6 Å². The Labute approximate surface area is 300 Å². The highest BCUT2D eigenvalue weighted by Gasteiger charge is 2.35. The second kappa shape index (κ2) is 18.0. The van der Waals surface area contributed by atoms with E-state index < -0.39 is 53.1 Å². The first-order valence-electron chi connectivity index (χ1n) is 16.8. The summed E-state index contributed by atoms with van der Waals surface area (Å²) < 4.78 is 5.37. The molecule has 0 saturated heterocycles. The number of likely N-dealkylation sites (N-methyl/N-ethyl adjacent to an activating group) is 2. The van der Waals surface area contributed by atoms with Crippen LogP contribution in [0.4, 0.5) is 4.79 Å². The molecule has 0 bridgehead atoms. The van der Waals surface area contributed by atoms with Crippen LogP contribution in [0.2, 0.25) is 0 Å². The minimum Gasteiger partial charge on any atom is -0.444 e. The standard InChI is InChI=1S/C39H52N4O6S/c1-27(44)26-40-35(46)32(25-31-16-13-23-50-31)43(8)36(47)33(24-28-18-20-30(21-19-28)29-14-10-9-11-15-29)42(7)34(45)17-12-22-39(5,6)41-37(48)49-38(2,3)4/h9-21,23,27,32-33,44H,22,24-26H2,1-8H3,(H,40,46)(H,41,48)/b17-12+/t27-,32+,33+/m0/s1. The number of carbonyl (C=O) groups is 4. The van der Waals surface area contributed by atoms with Gasteiger partial charge in [-0.1, -0.05) is 66.7 Å². The zero-order valence-electron chi connectivity index (χ0n) is 30.4. The average Bonchev–Trinajstić information content (AvgIpc) is 3.57. The quantitative estimate of drug-likeness (QED) is 0.177. The van der Waals surface area contributed by atoms with Crippen LogP contribution in [0.1, 0.15) is 58.4 Å². The minimum absolute atomic E-state index is 0.0430. The maximum atomic E-state index is 14.4. The van der Waals surface area contributed by atoms with Crippen molar-refractivity contribution in [1.82, 2.24) is 20.4 Å². The Balaban J connectivity index is 1.87. The number of nitrogens with zero attached hydrogens (tertiary/aromatic N) is 2. The summed E-state index contributed by atoms with van der Waals surface area (Å²) in [5.74, 6) is -1.20. The monoisotopic (exact) mass is 704 g/mol. The van der Waals surface area contributed by atoms with E-state index >= 15 is 0 Å². The highest BCUT2D eigenvalue weighted by atomic mass is 32.1. The van der Waals surface area contributed by atoms with E-state index in [1.54, 1.807) is 47.9 Å². The SMILES string of the molecule is C[C@H](O)CNC(=O)[C@@H](Cc1cccs1)N(C)C(=O)[C@@H](Cc1ccc(-c2ccccc2)cc1)N(C)C(=O)/C=C/CC(C)(C)NC(=O)OC(C)(C)C. The average molecular weight is 705 g/mol. The van der Waals surface area contributed by atoms with Crippen molar-refractivity contribution in [3.05, 3.63) is 94.7 Å². The number of hydrogen-bond donors (Lipinski definition) is 3. The van der Waals surface area contributed by atoms with E-state index in [4.69, 9.17) is 4.74 Å². The van der Waals surface area contributed by atoms with Crippen molar-refractivity contribution in [2.45, 2.75) is 90.1 Å². The van der Waals surface area contributed by atoms with Crippen LogP contribution in [0.25, 0.3) is 11.1 Å². The van der Waals surface area contributed by atoms with Gasteiger partial charge in [0.25, 0.3) is 0 Å². The molecule has 3 aromatic rings. The van der Waals surface area contributed by atoms with Gasteiger partial charge in [-0.15, -0.1) is 11.3 Å². The lowest BCUT2D eigenvalue weighted by atomic mass is 9.98. The molecular weight excluding hydrogens is 653 g/mol. The van der Waals surface area contributed by atoms with Crippen LogP contribution >= 0.6 is 11.3 Å². The van der Waals surface area contributed by atoms with Crippen molar-refractivity contribution < 1.29 is 29.0 Å². The van der Waals surface area contributed by atoms with Gasteiger partial charge < -0.3 is 30.3 Å². The molecular formula is C39H52N4O6S. The molecule has 3 N–H and O–H groups in total.